The van der Waals surface area contributed by atoms with Crippen molar-refractivity contribution in [1.82, 2.24) is 4.98 Å². The minimum absolute atomic E-state index is 0.865. The Morgan fingerprint density at radius 1 is 1.28 bits per heavy atom. The predicted molar refractivity (Wildman–Crippen MR) is 75.9 cm³/mol. The van der Waals surface area contributed by atoms with Crippen LogP contribution in [0.25, 0.3) is 15.8 Å². The van der Waals surface area contributed by atoms with Gasteiger partial charge in [0, 0.05) is 5.57 Å². The number of rotatable bonds is 2. The average Bonchev–Trinajstić information content (AvgIpc) is 2.63. The second-order valence-corrected chi connectivity index (χ2v) is 4.86. The van der Waals surface area contributed by atoms with Gasteiger partial charge in [-0.25, -0.2) is 4.98 Å². The van der Waals surface area contributed by atoms with E-state index in [1.165, 1.54) is 0 Å². The SMILES string of the molecule is COc1ccc2nc(C3=CC=C=CC=C3)sc2c1. The van der Waals surface area contributed by atoms with Gasteiger partial charge in [-0.3, -0.25) is 0 Å². The Kier molecular flexibility index (Phi) is 2.85. The maximum atomic E-state index is 5.23. The number of hydrogen-bond acceptors (Lipinski definition) is 3. The van der Waals surface area contributed by atoms with E-state index in [2.05, 4.69) is 10.7 Å². The first-order chi connectivity index (χ1) is 8.86. The molecule has 0 saturated heterocycles. The Balaban J connectivity index is 2.08. The molecule has 1 aliphatic rings. The highest BCUT2D eigenvalue weighted by atomic mass is 32.1. The van der Waals surface area contributed by atoms with Gasteiger partial charge >= 0.3 is 0 Å². The summed E-state index contributed by atoms with van der Waals surface area (Å²) in [6, 6.07) is 5.94. The second-order valence-electron chi connectivity index (χ2n) is 3.83. The standard InChI is InChI=1S/C15H11NOS/c1-17-12-8-9-13-14(10-12)18-15(16-13)11-6-4-2-3-5-7-11/h2,4-10H,1H3. The van der Waals surface area contributed by atoms with E-state index in [0.29, 0.717) is 0 Å². The molecule has 0 unspecified atom stereocenters. The van der Waals surface area contributed by atoms with E-state index in [-0.39, 0.29) is 0 Å². The van der Waals surface area contributed by atoms with E-state index in [4.69, 9.17) is 4.74 Å². The number of allylic oxidation sites excluding steroid dienone is 5. The van der Waals surface area contributed by atoms with E-state index in [1.54, 1.807) is 18.4 Å². The maximum Gasteiger partial charge on any atom is 0.124 e. The van der Waals surface area contributed by atoms with E-state index in [1.807, 2.05) is 48.6 Å². The summed E-state index contributed by atoms with van der Waals surface area (Å²) in [5, 5.41) is 1.02. The van der Waals surface area contributed by atoms with Crippen molar-refractivity contribution in [3.63, 3.8) is 0 Å². The number of aromatic nitrogens is 1. The number of thiazole rings is 1. The van der Waals surface area contributed by atoms with Gasteiger partial charge in [0.15, 0.2) is 0 Å². The summed E-state index contributed by atoms with van der Waals surface area (Å²) in [5.41, 5.74) is 5.16. The van der Waals surface area contributed by atoms with Crippen LogP contribution in [-0.2, 0) is 0 Å². The van der Waals surface area contributed by atoms with Crippen molar-refractivity contribution in [2.24, 2.45) is 0 Å². The molecule has 0 amide bonds. The summed E-state index contributed by atoms with van der Waals surface area (Å²) < 4.78 is 6.36. The highest BCUT2D eigenvalue weighted by Crippen LogP contribution is 2.30. The van der Waals surface area contributed by atoms with Crippen LogP contribution < -0.4 is 4.74 Å². The topological polar surface area (TPSA) is 22.1 Å². The van der Waals surface area contributed by atoms with Gasteiger partial charge in [-0.1, -0.05) is 12.2 Å². The highest BCUT2D eigenvalue weighted by molar-refractivity contribution is 7.19. The lowest BCUT2D eigenvalue weighted by molar-refractivity contribution is 0.415. The zero-order valence-corrected chi connectivity index (χ0v) is 10.7. The molecule has 0 bridgehead atoms. The van der Waals surface area contributed by atoms with Crippen LogP contribution >= 0.6 is 11.3 Å². The van der Waals surface area contributed by atoms with Crippen molar-refractivity contribution in [2.45, 2.75) is 0 Å². The first-order valence-electron chi connectivity index (χ1n) is 5.61. The molecule has 2 nitrogen and oxygen atoms in total. The van der Waals surface area contributed by atoms with Crippen LogP contribution in [0.4, 0.5) is 0 Å². The number of benzene rings is 1. The van der Waals surface area contributed by atoms with Crippen molar-refractivity contribution >= 4 is 27.1 Å². The molecule has 0 saturated carbocycles. The van der Waals surface area contributed by atoms with E-state index >= 15 is 0 Å². The fraction of sp³-hybridized carbons (Fsp3) is 0.0667. The molecule has 0 radical (unpaired) electrons. The predicted octanol–water partition coefficient (Wildman–Crippen LogP) is 3.97. The van der Waals surface area contributed by atoms with Crippen LogP contribution in [0.15, 0.2) is 54.3 Å². The summed E-state index contributed by atoms with van der Waals surface area (Å²) >= 11 is 1.67. The fourth-order valence-electron chi connectivity index (χ4n) is 1.75. The molecule has 0 spiro atoms. The number of hydrogen-bond donors (Lipinski definition) is 0. The smallest absolute Gasteiger partial charge is 0.124 e. The molecule has 0 fully saturated rings. The molecule has 1 aliphatic carbocycles. The molecule has 3 rings (SSSR count). The van der Waals surface area contributed by atoms with Crippen molar-refractivity contribution in [3.8, 4) is 5.75 Å². The largest absolute Gasteiger partial charge is 0.497 e. The number of fused-ring (bicyclic) bond motifs is 1. The van der Waals surface area contributed by atoms with Crippen molar-refractivity contribution in [1.29, 1.82) is 0 Å². The monoisotopic (exact) mass is 253 g/mol. The fourth-order valence-corrected chi connectivity index (χ4v) is 2.75. The molecule has 0 aliphatic heterocycles. The molecule has 1 aromatic heterocycles. The Labute approximate surface area is 109 Å². The minimum atomic E-state index is 0.865. The molecular weight excluding hydrogens is 242 g/mol. The summed E-state index contributed by atoms with van der Waals surface area (Å²) in [5.74, 6) is 0.865. The molecule has 0 atom stereocenters. The third-order valence-corrected chi connectivity index (χ3v) is 3.74. The molecular formula is C15H11NOS. The molecule has 0 N–H and O–H groups in total. The second kappa shape index (κ2) is 4.65. The first-order valence-corrected chi connectivity index (χ1v) is 6.43. The van der Waals surface area contributed by atoms with Gasteiger partial charge in [0.05, 0.1) is 17.3 Å². The number of ether oxygens (including phenoxy) is 1. The summed E-state index contributed by atoms with van der Waals surface area (Å²) in [6.07, 6.45) is 9.84. The summed E-state index contributed by atoms with van der Waals surface area (Å²) in [4.78, 5) is 4.64. The molecule has 88 valence electrons. The van der Waals surface area contributed by atoms with Crippen molar-refractivity contribution in [3.05, 3.63) is 59.3 Å². The third kappa shape index (κ3) is 2.02. The number of methoxy groups -OCH3 is 1. The Bertz CT molecular complexity index is 715. The lowest BCUT2D eigenvalue weighted by Gasteiger charge is -1.96. The van der Waals surface area contributed by atoms with Crippen LogP contribution in [0.2, 0.25) is 0 Å². The van der Waals surface area contributed by atoms with Crippen LogP contribution in [0, 0.1) is 0 Å². The van der Waals surface area contributed by atoms with Gasteiger partial charge in [0.1, 0.15) is 10.8 Å². The van der Waals surface area contributed by atoms with E-state index < -0.39 is 0 Å². The average molecular weight is 253 g/mol. The first kappa shape index (κ1) is 11.0. The normalized spacial score (nSPS) is 13.7. The van der Waals surface area contributed by atoms with Gasteiger partial charge in [0.2, 0.25) is 0 Å². The quantitative estimate of drug-likeness (QED) is 0.755. The van der Waals surface area contributed by atoms with Crippen LogP contribution in [0.3, 0.4) is 0 Å². The minimum Gasteiger partial charge on any atom is -0.497 e. The van der Waals surface area contributed by atoms with E-state index in [9.17, 15) is 0 Å². The molecule has 1 heterocycles. The van der Waals surface area contributed by atoms with Crippen LogP contribution in [-0.4, -0.2) is 12.1 Å². The Hall–Kier alpha value is -2.09. The van der Waals surface area contributed by atoms with Crippen molar-refractivity contribution < 1.29 is 4.74 Å². The zero-order valence-electron chi connectivity index (χ0n) is 9.88. The zero-order chi connectivity index (χ0) is 12.4. The van der Waals surface area contributed by atoms with E-state index in [0.717, 1.165) is 26.5 Å². The lowest BCUT2D eigenvalue weighted by Crippen LogP contribution is -1.80. The molecule has 18 heavy (non-hydrogen) atoms. The Morgan fingerprint density at radius 3 is 3.11 bits per heavy atom. The summed E-state index contributed by atoms with van der Waals surface area (Å²) in [6.45, 7) is 0. The molecule has 1 aromatic carbocycles. The maximum absolute atomic E-state index is 5.23. The summed E-state index contributed by atoms with van der Waals surface area (Å²) in [7, 11) is 1.68. The number of nitrogens with zero attached hydrogens (tertiary/aromatic N) is 1. The van der Waals surface area contributed by atoms with Gasteiger partial charge in [-0.15, -0.1) is 17.1 Å². The van der Waals surface area contributed by atoms with Crippen LogP contribution in [0.5, 0.6) is 5.75 Å². The molecule has 3 heteroatoms. The lowest BCUT2D eigenvalue weighted by atomic mass is 10.2. The van der Waals surface area contributed by atoms with Gasteiger partial charge < -0.3 is 4.74 Å². The van der Waals surface area contributed by atoms with Gasteiger partial charge in [0.25, 0.3) is 0 Å². The van der Waals surface area contributed by atoms with Gasteiger partial charge in [-0.2, -0.15) is 0 Å². The van der Waals surface area contributed by atoms with Crippen LogP contribution in [0.1, 0.15) is 5.01 Å². The Morgan fingerprint density at radius 2 is 2.22 bits per heavy atom. The third-order valence-electron chi connectivity index (χ3n) is 2.67. The van der Waals surface area contributed by atoms with Gasteiger partial charge in [-0.05, 0) is 36.4 Å². The highest BCUT2D eigenvalue weighted by Gasteiger charge is 2.07. The molecule has 2 aromatic rings. The van der Waals surface area contributed by atoms with Crippen molar-refractivity contribution in [2.75, 3.05) is 7.11 Å².